The van der Waals surface area contributed by atoms with Gasteiger partial charge in [-0.3, -0.25) is 4.79 Å². The average Bonchev–Trinajstić information content (AvgIpc) is 2.34. The van der Waals surface area contributed by atoms with Gasteiger partial charge in [0.1, 0.15) is 18.3 Å². The van der Waals surface area contributed by atoms with Crippen LogP contribution in [0, 0.1) is 0 Å². The third-order valence-corrected chi connectivity index (χ3v) is 3.13. The van der Waals surface area contributed by atoms with Crippen molar-refractivity contribution < 1.29 is 34.7 Å². The molecule has 1 amide bonds. The van der Waals surface area contributed by atoms with Gasteiger partial charge in [0, 0.05) is 20.1 Å². The summed E-state index contributed by atoms with van der Waals surface area (Å²) in [6, 6.07) is -0.825. The molecule has 0 spiro atoms. The minimum absolute atomic E-state index is 0.0970. The van der Waals surface area contributed by atoms with Crippen LogP contribution in [0.1, 0.15) is 13.3 Å². The molecule has 5 N–H and O–H groups in total. The summed E-state index contributed by atoms with van der Waals surface area (Å²) in [5.41, 5.74) is 0. The maximum atomic E-state index is 11.6. The Morgan fingerprint density at radius 2 is 2.11 bits per heavy atom. The SMILES string of the molecule is CO[C@H]1[C@@H](O)[C@H](NC(=O)[C@@H](O)CCO)[C@@H](C)O[C@@H]1O. The van der Waals surface area contributed by atoms with Gasteiger partial charge in [-0.2, -0.15) is 0 Å². The fourth-order valence-electron chi connectivity index (χ4n) is 2.01. The predicted octanol–water partition coefficient (Wildman–Crippen LogP) is -2.67. The normalized spacial score (nSPS) is 36.8. The standard InChI is InChI=1S/C11H21NO7/c1-5-7(12-10(16)6(14)3-4-13)8(15)9(18-2)11(17)19-5/h5-9,11,13-15,17H,3-4H2,1-2H3,(H,12,16)/t5-,6+,7-,8+,9+,11+/m1/s1. The van der Waals surface area contributed by atoms with Gasteiger partial charge in [-0.1, -0.05) is 0 Å². The third-order valence-electron chi connectivity index (χ3n) is 3.13. The monoisotopic (exact) mass is 279 g/mol. The van der Waals surface area contributed by atoms with E-state index in [0.717, 1.165) is 0 Å². The van der Waals surface area contributed by atoms with Crippen molar-refractivity contribution in [1.82, 2.24) is 5.32 Å². The maximum absolute atomic E-state index is 11.6. The zero-order chi connectivity index (χ0) is 14.6. The van der Waals surface area contributed by atoms with Crippen LogP contribution in [0.4, 0.5) is 0 Å². The van der Waals surface area contributed by atoms with Crippen molar-refractivity contribution in [3.63, 3.8) is 0 Å². The molecule has 1 heterocycles. The first kappa shape index (κ1) is 16.3. The van der Waals surface area contributed by atoms with Crippen molar-refractivity contribution in [3.8, 4) is 0 Å². The number of carbonyl (C=O) groups excluding carboxylic acids is 1. The van der Waals surface area contributed by atoms with Crippen LogP contribution in [0.25, 0.3) is 0 Å². The number of aliphatic hydroxyl groups excluding tert-OH is 4. The molecule has 1 rings (SSSR count). The molecule has 0 aliphatic carbocycles. The Bertz CT molecular complexity index is 301. The molecule has 0 aromatic carbocycles. The summed E-state index contributed by atoms with van der Waals surface area (Å²) in [4.78, 5) is 11.6. The van der Waals surface area contributed by atoms with Crippen molar-refractivity contribution in [1.29, 1.82) is 0 Å². The zero-order valence-corrected chi connectivity index (χ0v) is 10.9. The summed E-state index contributed by atoms with van der Waals surface area (Å²) in [5, 5.41) is 40.1. The first-order chi connectivity index (χ1) is 8.92. The number of aliphatic hydroxyl groups is 4. The van der Waals surface area contributed by atoms with E-state index in [1.54, 1.807) is 6.92 Å². The lowest BCUT2D eigenvalue weighted by atomic mass is 9.96. The molecule has 0 unspecified atom stereocenters. The molecule has 0 aromatic heterocycles. The number of hydrogen-bond acceptors (Lipinski definition) is 7. The second-order valence-electron chi connectivity index (χ2n) is 4.49. The molecule has 0 aromatic rings. The molecule has 1 saturated heterocycles. The van der Waals surface area contributed by atoms with Crippen molar-refractivity contribution in [2.45, 2.75) is 50.1 Å². The first-order valence-electron chi connectivity index (χ1n) is 6.06. The molecule has 8 heteroatoms. The van der Waals surface area contributed by atoms with Crippen molar-refractivity contribution in [2.75, 3.05) is 13.7 Å². The van der Waals surface area contributed by atoms with E-state index in [1.807, 2.05) is 0 Å². The lowest BCUT2D eigenvalue weighted by molar-refractivity contribution is -0.259. The van der Waals surface area contributed by atoms with E-state index in [1.165, 1.54) is 7.11 Å². The average molecular weight is 279 g/mol. The van der Waals surface area contributed by atoms with Gasteiger partial charge in [-0.15, -0.1) is 0 Å². The molecule has 112 valence electrons. The van der Waals surface area contributed by atoms with Gasteiger partial charge in [-0.05, 0) is 6.92 Å². The summed E-state index contributed by atoms with van der Waals surface area (Å²) < 4.78 is 10.0. The summed E-state index contributed by atoms with van der Waals surface area (Å²) >= 11 is 0. The highest BCUT2D eigenvalue weighted by molar-refractivity contribution is 5.80. The Balaban J connectivity index is 2.67. The Morgan fingerprint density at radius 3 is 2.63 bits per heavy atom. The Morgan fingerprint density at radius 1 is 1.47 bits per heavy atom. The highest BCUT2D eigenvalue weighted by Crippen LogP contribution is 2.21. The Kier molecular flexibility index (Phi) is 6.11. The van der Waals surface area contributed by atoms with E-state index in [4.69, 9.17) is 14.6 Å². The molecule has 1 fully saturated rings. The van der Waals surface area contributed by atoms with Gasteiger partial charge in [0.25, 0.3) is 0 Å². The van der Waals surface area contributed by atoms with Crippen molar-refractivity contribution in [2.24, 2.45) is 0 Å². The van der Waals surface area contributed by atoms with Crippen LogP contribution in [0.5, 0.6) is 0 Å². The van der Waals surface area contributed by atoms with E-state index >= 15 is 0 Å². The van der Waals surface area contributed by atoms with Crippen LogP contribution in [-0.2, 0) is 14.3 Å². The van der Waals surface area contributed by atoms with E-state index < -0.39 is 42.7 Å². The number of amides is 1. The Hall–Kier alpha value is -0.770. The van der Waals surface area contributed by atoms with Gasteiger partial charge < -0.3 is 35.2 Å². The molecular weight excluding hydrogens is 258 g/mol. The summed E-state index contributed by atoms with van der Waals surface area (Å²) in [6.45, 7) is 1.25. The number of rotatable bonds is 5. The minimum atomic E-state index is -1.36. The first-order valence-corrected chi connectivity index (χ1v) is 6.06. The molecule has 0 saturated carbocycles. The summed E-state index contributed by atoms with van der Waals surface area (Å²) in [6.07, 6.45) is -5.56. The second kappa shape index (κ2) is 7.13. The Labute approximate surface area is 110 Å². The molecule has 19 heavy (non-hydrogen) atoms. The number of methoxy groups -OCH3 is 1. The molecule has 1 aliphatic rings. The molecule has 0 radical (unpaired) electrons. The van der Waals surface area contributed by atoms with Crippen molar-refractivity contribution >= 4 is 5.91 Å². The van der Waals surface area contributed by atoms with Gasteiger partial charge in [0.15, 0.2) is 6.29 Å². The van der Waals surface area contributed by atoms with Crippen LogP contribution in [0.3, 0.4) is 0 Å². The highest BCUT2D eigenvalue weighted by atomic mass is 16.6. The second-order valence-corrected chi connectivity index (χ2v) is 4.49. The topological polar surface area (TPSA) is 128 Å². The number of nitrogens with one attached hydrogen (secondary N) is 1. The highest BCUT2D eigenvalue weighted by Gasteiger charge is 2.44. The fourth-order valence-corrected chi connectivity index (χ4v) is 2.01. The van der Waals surface area contributed by atoms with Crippen LogP contribution in [-0.4, -0.2) is 76.8 Å². The lowest BCUT2D eigenvalue weighted by Crippen LogP contribution is -2.64. The van der Waals surface area contributed by atoms with Gasteiger partial charge in [0.05, 0.1) is 12.1 Å². The number of hydrogen-bond donors (Lipinski definition) is 5. The molecule has 0 bridgehead atoms. The quantitative estimate of drug-likeness (QED) is 0.371. The van der Waals surface area contributed by atoms with E-state index in [0.29, 0.717) is 0 Å². The minimum Gasteiger partial charge on any atom is -0.396 e. The fraction of sp³-hybridized carbons (Fsp3) is 0.909. The van der Waals surface area contributed by atoms with E-state index in [-0.39, 0.29) is 13.0 Å². The predicted molar refractivity (Wildman–Crippen MR) is 63.0 cm³/mol. The van der Waals surface area contributed by atoms with Gasteiger partial charge in [0.2, 0.25) is 5.91 Å². The lowest BCUT2D eigenvalue weighted by Gasteiger charge is -2.41. The molecular formula is C11H21NO7. The molecule has 1 aliphatic heterocycles. The largest absolute Gasteiger partial charge is 0.396 e. The van der Waals surface area contributed by atoms with Gasteiger partial charge in [-0.25, -0.2) is 0 Å². The smallest absolute Gasteiger partial charge is 0.249 e. The maximum Gasteiger partial charge on any atom is 0.249 e. The van der Waals surface area contributed by atoms with Crippen LogP contribution in [0.2, 0.25) is 0 Å². The summed E-state index contributed by atoms with van der Waals surface area (Å²) in [5.74, 6) is -0.722. The molecule has 6 atom stereocenters. The van der Waals surface area contributed by atoms with Crippen molar-refractivity contribution in [3.05, 3.63) is 0 Å². The zero-order valence-electron chi connectivity index (χ0n) is 10.9. The number of carbonyl (C=O) groups is 1. The van der Waals surface area contributed by atoms with E-state index in [9.17, 15) is 20.1 Å². The van der Waals surface area contributed by atoms with Crippen LogP contribution < -0.4 is 5.32 Å². The third kappa shape index (κ3) is 3.85. The van der Waals surface area contributed by atoms with Crippen LogP contribution in [0.15, 0.2) is 0 Å². The summed E-state index contributed by atoms with van der Waals surface area (Å²) in [7, 11) is 1.30. The van der Waals surface area contributed by atoms with E-state index in [2.05, 4.69) is 5.32 Å². The molecule has 8 nitrogen and oxygen atoms in total. The number of ether oxygens (including phenoxy) is 2. The van der Waals surface area contributed by atoms with Gasteiger partial charge >= 0.3 is 0 Å². The van der Waals surface area contributed by atoms with Crippen LogP contribution >= 0.6 is 0 Å².